The van der Waals surface area contributed by atoms with Crippen LogP contribution < -0.4 is 11.2 Å². The minimum atomic E-state index is -0.588. The van der Waals surface area contributed by atoms with Crippen molar-refractivity contribution < 1.29 is 9.53 Å². The van der Waals surface area contributed by atoms with Gasteiger partial charge in [-0.25, -0.2) is 9.59 Å². The number of ether oxygens (including phenoxy) is 1. The Bertz CT molecular complexity index is 948. The molecule has 0 bridgehead atoms. The van der Waals surface area contributed by atoms with Crippen molar-refractivity contribution in [3.63, 3.8) is 0 Å². The van der Waals surface area contributed by atoms with E-state index in [2.05, 4.69) is 11.8 Å². The van der Waals surface area contributed by atoms with E-state index in [1.807, 2.05) is 0 Å². The van der Waals surface area contributed by atoms with Gasteiger partial charge >= 0.3 is 11.7 Å². The fraction of sp³-hybridized carbons (Fsp3) is 0.235. The van der Waals surface area contributed by atoms with Crippen LogP contribution in [0, 0.1) is 11.8 Å². The van der Waals surface area contributed by atoms with Crippen molar-refractivity contribution in [2.75, 3.05) is 7.11 Å². The first kappa shape index (κ1) is 17.6. The Labute approximate surface area is 143 Å². The third kappa shape index (κ3) is 3.58. The zero-order valence-electron chi connectivity index (χ0n) is 13.2. The van der Waals surface area contributed by atoms with Crippen molar-refractivity contribution in [2.45, 2.75) is 20.0 Å². The van der Waals surface area contributed by atoms with Crippen molar-refractivity contribution >= 4 is 17.6 Å². The summed E-state index contributed by atoms with van der Waals surface area (Å²) in [6.45, 7) is 1.65. The molecular weight excluding hydrogens is 332 g/mol. The molecule has 1 aromatic carbocycles. The SMILES string of the molecule is CC#CCn1c(Cl)cc(=O)n(Cc2ccccc2C(=O)OC)c1=O. The number of hydrogen-bond acceptors (Lipinski definition) is 4. The summed E-state index contributed by atoms with van der Waals surface area (Å²) in [4.78, 5) is 36.5. The zero-order chi connectivity index (χ0) is 17.7. The number of nitrogens with zero attached hydrogens (tertiary/aromatic N) is 2. The number of carbonyl (C=O) groups excluding carboxylic acids is 1. The van der Waals surface area contributed by atoms with Crippen LogP contribution in [0.2, 0.25) is 5.15 Å². The molecule has 0 aliphatic rings. The number of hydrogen-bond donors (Lipinski definition) is 0. The van der Waals surface area contributed by atoms with Gasteiger partial charge in [-0.1, -0.05) is 35.7 Å². The third-order valence-corrected chi connectivity index (χ3v) is 3.71. The Morgan fingerprint density at radius 2 is 1.96 bits per heavy atom. The van der Waals surface area contributed by atoms with Crippen molar-refractivity contribution in [3.8, 4) is 11.8 Å². The van der Waals surface area contributed by atoms with Crippen LogP contribution in [0.5, 0.6) is 0 Å². The van der Waals surface area contributed by atoms with E-state index in [0.717, 1.165) is 10.6 Å². The summed E-state index contributed by atoms with van der Waals surface area (Å²) >= 11 is 5.96. The molecule has 1 aromatic heterocycles. The van der Waals surface area contributed by atoms with Gasteiger partial charge in [0.2, 0.25) is 0 Å². The highest BCUT2D eigenvalue weighted by atomic mass is 35.5. The zero-order valence-corrected chi connectivity index (χ0v) is 14.0. The average molecular weight is 347 g/mol. The van der Waals surface area contributed by atoms with Gasteiger partial charge in [0.1, 0.15) is 5.15 Å². The maximum Gasteiger partial charge on any atom is 0.338 e. The first-order valence-electron chi connectivity index (χ1n) is 7.05. The van der Waals surface area contributed by atoms with Crippen LogP contribution >= 0.6 is 11.6 Å². The van der Waals surface area contributed by atoms with Crippen molar-refractivity contribution in [1.29, 1.82) is 0 Å². The molecule has 2 aromatic rings. The molecule has 0 amide bonds. The summed E-state index contributed by atoms with van der Waals surface area (Å²) in [5.41, 5.74) is -0.347. The third-order valence-electron chi connectivity index (χ3n) is 3.39. The van der Waals surface area contributed by atoms with Crippen molar-refractivity contribution in [2.24, 2.45) is 0 Å². The summed E-state index contributed by atoms with van der Waals surface area (Å²) in [5.74, 6) is 4.87. The molecule has 2 rings (SSSR count). The summed E-state index contributed by atoms with van der Waals surface area (Å²) < 4.78 is 6.92. The minimum absolute atomic E-state index is 0.0188. The van der Waals surface area contributed by atoms with Crippen LogP contribution in [0.3, 0.4) is 0 Å². The normalized spacial score (nSPS) is 9.96. The monoisotopic (exact) mass is 346 g/mol. The van der Waals surface area contributed by atoms with Gasteiger partial charge in [0.05, 0.1) is 25.8 Å². The second-order valence-electron chi connectivity index (χ2n) is 4.84. The van der Waals surface area contributed by atoms with Crippen LogP contribution in [-0.2, 0) is 17.8 Å². The maximum absolute atomic E-state index is 12.5. The highest BCUT2D eigenvalue weighted by molar-refractivity contribution is 6.29. The lowest BCUT2D eigenvalue weighted by atomic mass is 10.1. The van der Waals surface area contributed by atoms with E-state index in [0.29, 0.717) is 11.1 Å². The summed E-state index contributed by atoms with van der Waals surface area (Å²) in [6, 6.07) is 7.77. The van der Waals surface area contributed by atoms with Gasteiger partial charge in [0.25, 0.3) is 5.56 Å². The number of halogens is 1. The molecule has 0 aliphatic heterocycles. The predicted molar refractivity (Wildman–Crippen MR) is 90.3 cm³/mol. The predicted octanol–water partition coefficient (Wildman–Crippen LogP) is 1.52. The van der Waals surface area contributed by atoms with Crippen molar-refractivity contribution in [3.05, 3.63) is 67.4 Å². The molecule has 6 nitrogen and oxygen atoms in total. The minimum Gasteiger partial charge on any atom is -0.465 e. The Morgan fingerprint density at radius 1 is 1.25 bits per heavy atom. The van der Waals surface area contributed by atoms with E-state index in [-0.39, 0.29) is 18.2 Å². The highest BCUT2D eigenvalue weighted by Gasteiger charge is 2.15. The average Bonchev–Trinajstić information content (AvgIpc) is 2.58. The van der Waals surface area contributed by atoms with Crippen LogP contribution in [0.25, 0.3) is 0 Å². The van der Waals surface area contributed by atoms with Crippen LogP contribution in [-0.4, -0.2) is 22.2 Å². The molecule has 7 heteroatoms. The molecule has 0 saturated carbocycles. The number of benzene rings is 1. The number of aromatic nitrogens is 2. The Morgan fingerprint density at radius 3 is 2.62 bits per heavy atom. The van der Waals surface area contributed by atoms with Gasteiger partial charge in [-0.2, -0.15) is 0 Å². The van der Waals surface area contributed by atoms with Gasteiger partial charge in [0, 0.05) is 6.07 Å². The number of carbonyl (C=O) groups is 1. The molecule has 0 atom stereocenters. The topological polar surface area (TPSA) is 70.3 Å². The molecule has 0 spiro atoms. The molecule has 0 N–H and O–H groups in total. The lowest BCUT2D eigenvalue weighted by Gasteiger charge is -2.12. The van der Waals surface area contributed by atoms with Gasteiger partial charge < -0.3 is 4.74 Å². The smallest absolute Gasteiger partial charge is 0.338 e. The van der Waals surface area contributed by atoms with Gasteiger partial charge in [0.15, 0.2) is 0 Å². The molecule has 0 radical (unpaired) electrons. The van der Waals surface area contributed by atoms with Crippen molar-refractivity contribution in [1.82, 2.24) is 9.13 Å². The van der Waals surface area contributed by atoms with Crippen LogP contribution in [0.4, 0.5) is 0 Å². The number of esters is 1. The van der Waals surface area contributed by atoms with Crippen LogP contribution in [0.15, 0.2) is 39.9 Å². The van der Waals surface area contributed by atoms with E-state index < -0.39 is 17.2 Å². The maximum atomic E-state index is 12.5. The van der Waals surface area contributed by atoms with E-state index in [1.165, 1.54) is 11.7 Å². The first-order valence-corrected chi connectivity index (χ1v) is 7.43. The van der Waals surface area contributed by atoms with Gasteiger partial charge in [-0.15, -0.1) is 5.92 Å². The lowest BCUT2D eigenvalue weighted by Crippen LogP contribution is -2.40. The van der Waals surface area contributed by atoms with E-state index >= 15 is 0 Å². The summed E-state index contributed by atoms with van der Waals surface area (Å²) in [7, 11) is 1.27. The van der Waals surface area contributed by atoms with Gasteiger partial charge in [-0.05, 0) is 18.6 Å². The molecule has 124 valence electrons. The number of rotatable bonds is 4. The molecule has 0 unspecified atom stereocenters. The van der Waals surface area contributed by atoms with Gasteiger partial charge in [-0.3, -0.25) is 13.9 Å². The molecular formula is C17H15ClN2O4. The molecule has 0 aliphatic carbocycles. The summed E-state index contributed by atoms with van der Waals surface area (Å²) in [6.07, 6.45) is 0. The molecule has 0 saturated heterocycles. The Balaban J connectivity index is 2.55. The molecule has 0 fully saturated rings. The fourth-order valence-corrected chi connectivity index (χ4v) is 2.40. The molecule has 24 heavy (non-hydrogen) atoms. The Kier molecular flexibility index (Phi) is 5.61. The standard InChI is InChI=1S/C17H15ClN2O4/c1-3-4-9-19-14(18)10-15(21)20(17(19)23)11-12-7-5-6-8-13(12)16(22)24-2/h5-8,10H,9,11H2,1-2H3. The lowest BCUT2D eigenvalue weighted by molar-refractivity contribution is 0.0599. The highest BCUT2D eigenvalue weighted by Crippen LogP contribution is 2.11. The van der Waals surface area contributed by atoms with Crippen LogP contribution in [0.1, 0.15) is 22.8 Å². The Hall–Kier alpha value is -2.78. The van der Waals surface area contributed by atoms with E-state index in [4.69, 9.17) is 16.3 Å². The second-order valence-corrected chi connectivity index (χ2v) is 5.22. The molecule has 1 heterocycles. The van der Waals surface area contributed by atoms with E-state index in [1.54, 1.807) is 31.2 Å². The first-order chi connectivity index (χ1) is 11.5. The summed E-state index contributed by atoms with van der Waals surface area (Å²) in [5, 5.41) is 0.0188. The van der Waals surface area contributed by atoms with E-state index in [9.17, 15) is 14.4 Å². The second kappa shape index (κ2) is 7.66. The fourth-order valence-electron chi connectivity index (χ4n) is 2.17. The number of methoxy groups -OCH3 is 1. The quantitative estimate of drug-likeness (QED) is 0.478. The largest absolute Gasteiger partial charge is 0.465 e.